The number of aliphatic hydroxyl groups excluding tert-OH is 1. The molecule has 0 spiro atoms. The molecule has 2 aromatic heterocycles. The number of carbonyl (C=O) groups excluding carboxylic acids is 1. The maximum atomic E-state index is 12.3. The summed E-state index contributed by atoms with van der Waals surface area (Å²) in [5.41, 5.74) is 3.58. The lowest BCUT2D eigenvalue weighted by Gasteiger charge is -2.28. The fraction of sp³-hybridized carbons (Fsp3) is 0.318. The first-order valence-electron chi connectivity index (χ1n) is 9.77. The average Bonchev–Trinajstić information content (AvgIpc) is 2.73. The van der Waals surface area contributed by atoms with Gasteiger partial charge in [-0.2, -0.15) is 0 Å². The third kappa shape index (κ3) is 4.08. The minimum Gasteiger partial charge on any atom is -0.505 e. The number of carbonyl (C=O) groups is 1. The van der Waals surface area contributed by atoms with Crippen LogP contribution in [0.15, 0.2) is 30.5 Å². The van der Waals surface area contributed by atoms with Crippen LogP contribution in [0, 0.1) is 0 Å². The van der Waals surface area contributed by atoms with E-state index >= 15 is 0 Å². The Morgan fingerprint density at radius 1 is 1.13 bits per heavy atom. The highest BCUT2D eigenvalue weighted by atomic mass is 35.5. The molecule has 4 rings (SSSR count). The number of aliphatic hydroxyl groups is 1. The Hall–Kier alpha value is -2.41. The lowest BCUT2D eigenvalue weighted by atomic mass is 9.92. The Morgan fingerprint density at radius 3 is 2.43 bits per heavy atom. The molecule has 1 saturated carbocycles. The zero-order valence-electron chi connectivity index (χ0n) is 16.3. The number of ketones is 1. The minimum atomic E-state index is -0.266. The van der Waals surface area contributed by atoms with E-state index in [1.807, 2.05) is 6.07 Å². The highest BCUT2D eigenvalue weighted by molar-refractivity contribution is 6.37. The van der Waals surface area contributed by atoms with E-state index < -0.39 is 0 Å². The first-order chi connectivity index (χ1) is 14.3. The third-order valence-corrected chi connectivity index (χ3v) is 6.03. The van der Waals surface area contributed by atoms with Gasteiger partial charge in [-0.1, -0.05) is 23.2 Å². The molecule has 3 N–H and O–H groups in total. The van der Waals surface area contributed by atoms with Gasteiger partial charge in [0.2, 0.25) is 0 Å². The lowest BCUT2D eigenvalue weighted by molar-refractivity contribution is 0.101. The van der Waals surface area contributed by atoms with Crippen LogP contribution in [-0.2, 0) is 0 Å². The summed E-state index contributed by atoms with van der Waals surface area (Å²) in [7, 11) is 0. The number of pyridine rings is 2. The monoisotopic (exact) mass is 445 g/mol. The van der Waals surface area contributed by atoms with Crippen LogP contribution in [0.4, 0.5) is 5.69 Å². The Morgan fingerprint density at radius 2 is 1.80 bits per heavy atom. The molecule has 0 amide bonds. The maximum Gasteiger partial charge on any atom is 0.163 e. The summed E-state index contributed by atoms with van der Waals surface area (Å²) in [6.07, 6.45) is 4.37. The normalized spacial score (nSPS) is 19.1. The molecular formula is C22H21Cl2N3O3. The number of hydrogen-bond acceptors (Lipinski definition) is 6. The number of hydrogen-bond donors (Lipinski definition) is 3. The van der Waals surface area contributed by atoms with E-state index in [9.17, 15) is 15.0 Å². The topological polar surface area (TPSA) is 95.3 Å². The SMILES string of the molecule is CC(=O)c1cnc2ccc(-c3cc(Cl)c(O)c(Cl)c3)nc2c1N[C@H]1CC[C@H](O)CC1. The van der Waals surface area contributed by atoms with Crippen molar-refractivity contribution in [3.05, 3.63) is 46.1 Å². The molecule has 0 unspecified atom stereocenters. The van der Waals surface area contributed by atoms with Gasteiger partial charge in [-0.15, -0.1) is 0 Å². The van der Waals surface area contributed by atoms with Gasteiger partial charge in [-0.3, -0.25) is 9.78 Å². The highest BCUT2D eigenvalue weighted by Gasteiger charge is 2.23. The second-order valence-corrected chi connectivity index (χ2v) is 8.42. The second kappa shape index (κ2) is 8.38. The molecule has 0 radical (unpaired) electrons. The van der Waals surface area contributed by atoms with Gasteiger partial charge < -0.3 is 15.5 Å². The van der Waals surface area contributed by atoms with Crippen molar-refractivity contribution in [1.82, 2.24) is 9.97 Å². The molecule has 0 bridgehead atoms. The van der Waals surface area contributed by atoms with Crippen molar-refractivity contribution in [3.63, 3.8) is 0 Å². The molecule has 8 heteroatoms. The second-order valence-electron chi connectivity index (χ2n) is 7.61. The maximum absolute atomic E-state index is 12.3. The quantitative estimate of drug-likeness (QED) is 0.476. The summed E-state index contributed by atoms with van der Waals surface area (Å²) in [5, 5.41) is 23.4. The minimum absolute atomic E-state index is 0.106. The fourth-order valence-corrected chi connectivity index (χ4v) is 4.26. The third-order valence-electron chi connectivity index (χ3n) is 5.45. The van der Waals surface area contributed by atoms with Crippen molar-refractivity contribution >= 4 is 45.7 Å². The predicted molar refractivity (Wildman–Crippen MR) is 119 cm³/mol. The average molecular weight is 446 g/mol. The van der Waals surface area contributed by atoms with Crippen LogP contribution in [0.25, 0.3) is 22.3 Å². The van der Waals surface area contributed by atoms with Crippen LogP contribution >= 0.6 is 23.2 Å². The number of anilines is 1. The summed E-state index contributed by atoms with van der Waals surface area (Å²) in [4.78, 5) is 21.4. The van der Waals surface area contributed by atoms with Crippen molar-refractivity contribution < 1.29 is 15.0 Å². The van der Waals surface area contributed by atoms with Crippen molar-refractivity contribution in [2.75, 3.05) is 5.32 Å². The van der Waals surface area contributed by atoms with E-state index in [2.05, 4.69) is 10.3 Å². The summed E-state index contributed by atoms with van der Waals surface area (Å²) in [6.45, 7) is 1.50. The number of halogens is 2. The Bertz CT molecular complexity index is 1110. The van der Waals surface area contributed by atoms with Gasteiger partial charge in [0.1, 0.15) is 5.52 Å². The molecule has 6 nitrogen and oxygen atoms in total. The van der Waals surface area contributed by atoms with Crippen LogP contribution in [0.2, 0.25) is 10.0 Å². The van der Waals surface area contributed by atoms with Crippen LogP contribution in [-0.4, -0.2) is 38.1 Å². The first-order valence-corrected chi connectivity index (χ1v) is 10.5. The van der Waals surface area contributed by atoms with E-state index in [4.69, 9.17) is 28.2 Å². The molecule has 2 heterocycles. The number of nitrogens with zero attached hydrogens (tertiary/aromatic N) is 2. The van der Waals surface area contributed by atoms with Crippen molar-refractivity contribution in [2.45, 2.75) is 44.8 Å². The molecule has 1 aliphatic carbocycles. The Labute approximate surface area is 183 Å². The van der Waals surface area contributed by atoms with Gasteiger partial charge in [0.15, 0.2) is 11.5 Å². The number of aromatic nitrogens is 2. The van der Waals surface area contributed by atoms with Crippen molar-refractivity contribution in [3.8, 4) is 17.0 Å². The summed E-state index contributed by atoms with van der Waals surface area (Å²) >= 11 is 12.1. The van der Waals surface area contributed by atoms with Crippen LogP contribution in [0.5, 0.6) is 5.75 Å². The molecule has 0 aliphatic heterocycles. The largest absolute Gasteiger partial charge is 0.505 e. The van der Waals surface area contributed by atoms with E-state index in [1.54, 1.807) is 24.4 Å². The lowest BCUT2D eigenvalue weighted by Crippen LogP contribution is -2.29. The summed E-state index contributed by atoms with van der Waals surface area (Å²) in [6, 6.07) is 6.94. The number of aromatic hydroxyl groups is 1. The van der Waals surface area contributed by atoms with Crippen LogP contribution in [0.3, 0.4) is 0 Å². The molecule has 3 aromatic rings. The molecule has 0 saturated heterocycles. The van der Waals surface area contributed by atoms with Gasteiger partial charge in [0, 0.05) is 17.8 Å². The molecule has 1 fully saturated rings. The van der Waals surface area contributed by atoms with E-state index in [1.165, 1.54) is 6.92 Å². The summed E-state index contributed by atoms with van der Waals surface area (Å²) < 4.78 is 0. The number of nitrogens with one attached hydrogen (secondary N) is 1. The van der Waals surface area contributed by atoms with E-state index in [0.717, 1.165) is 25.7 Å². The van der Waals surface area contributed by atoms with Crippen LogP contribution in [0.1, 0.15) is 43.0 Å². The van der Waals surface area contributed by atoms with Gasteiger partial charge in [0.25, 0.3) is 0 Å². The van der Waals surface area contributed by atoms with E-state index in [-0.39, 0.29) is 33.7 Å². The Balaban J connectivity index is 1.82. The summed E-state index contributed by atoms with van der Waals surface area (Å²) in [5.74, 6) is -0.282. The molecule has 30 heavy (non-hydrogen) atoms. The number of phenols is 1. The van der Waals surface area contributed by atoms with Crippen LogP contribution < -0.4 is 5.32 Å². The number of fused-ring (bicyclic) bond motifs is 1. The smallest absolute Gasteiger partial charge is 0.163 e. The number of phenolic OH excluding ortho intramolecular Hbond substituents is 1. The molecular weight excluding hydrogens is 425 g/mol. The number of Topliss-reactive ketones (excluding diaryl/α,β-unsaturated/α-hetero) is 1. The fourth-order valence-electron chi connectivity index (χ4n) is 3.78. The highest BCUT2D eigenvalue weighted by Crippen LogP contribution is 2.37. The van der Waals surface area contributed by atoms with E-state index in [0.29, 0.717) is 33.5 Å². The molecule has 1 aromatic carbocycles. The van der Waals surface area contributed by atoms with Crippen molar-refractivity contribution in [2.24, 2.45) is 0 Å². The zero-order chi connectivity index (χ0) is 21.4. The number of rotatable bonds is 4. The number of benzene rings is 1. The molecule has 156 valence electrons. The first kappa shape index (κ1) is 20.8. The van der Waals surface area contributed by atoms with Crippen molar-refractivity contribution in [1.29, 1.82) is 0 Å². The molecule has 0 atom stereocenters. The predicted octanol–water partition coefficient (Wildman–Crippen LogP) is 5.23. The van der Waals surface area contributed by atoms with Gasteiger partial charge in [0.05, 0.1) is 38.6 Å². The van der Waals surface area contributed by atoms with Gasteiger partial charge >= 0.3 is 0 Å². The van der Waals surface area contributed by atoms with Gasteiger partial charge in [-0.25, -0.2) is 4.98 Å². The zero-order valence-corrected chi connectivity index (χ0v) is 17.8. The standard InChI is InChI=1S/C22H21Cl2N3O3/c1-11(28)15-10-25-19-7-6-18(12-8-16(23)22(30)17(24)9-12)27-21(19)20(15)26-13-2-4-14(29)5-3-13/h6-10,13-14,29-30H,2-5H2,1H3,(H,25,26)/t13-,14-. The molecule has 1 aliphatic rings. The Kier molecular flexibility index (Phi) is 5.82. The van der Waals surface area contributed by atoms with Gasteiger partial charge in [-0.05, 0) is 56.9 Å².